The minimum absolute atomic E-state index is 0.0630. The summed E-state index contributed by atoms with van der Waals surface area (Å²) in [6.07, 6.45) is 1.49. The van der Waals surface area contributed by atoms with Crippen molar-refractivity contribution in [1.82, 2.24) is 0 Å². The summed E-state index contributed by atoms with van der Waals surface area (Å²) in [5, 5.41) is 11.2. The van der Waals surface area contributed by atoms with Crippen molar-refractivity contribution in [3.05, 3.63) is 62.7 Å². The van der Waals surface area contributed by atoms with Gasteiger partial charge in [-0.1, -0.05) is 29.8 Å². The molecule has 0 radical (unpaired) electrons. The second-order valence-corrected chi connectivity index (χ2v) is 7.89. The quantitative estimate of drug-likeness (QED) is 0.612. The van der Waals surface area contributed by atoms with Crippen LogP contribution in [0.3, 0.4) is 0 Å². The van der Waals surface area contributed by atoms with Crippen LogP contribution in [0.15, 0.2) is 41.3 Å². The molecule has 3 rings (SSSR count). The van der Waals surface area contributed by atoms with Crippen LogP contribution in [0.1, 0.15) is 17.5 Å². The molecule has 0 saturated carbocycles. The third-order valence-electron chi connectivity index (χ3n) is 4.14. The number of nitro benzene ring substituents is 1. The summed E-state index contributed by atoms with van der Waals surface area (Å²) in [4.78, 5) is 10.4. The second kappa shape index (κ2) is 6.07. The minimum atomic E-state index is -3.93. The number of rotatable bonds is 3. The largest absolute Gasteiger partial charge is 0.275 e. The number of sulfonamides is 1. The van der Waals surface area contributed by atoms with Gasteiger partial charge >= 0.3 is 0 Å². The molecule has 0 atom stereocenters. The number of benzene rings is 2. The van der Waals surface area contributed by atoms with E-state index in [0.717, 1.165) is 18.1 Å². The third kappa shape index (κ3) is 2.74. The molecular weight excluding hydrogens is 352 g/mol. The summed E-state index contributed by atoms with van der Waals surface area (Å²) in [6, 6.07) is 9.63. The Morgan fingerprint density at radius 3 is 2.67 bits per heavy atom. The normalized spacial score (nSPS) is 14.3. The molecule has 0 spiro atoms. The molecule has 0 bridgehead atoms. The maximum absolute atomic E-state index is 13.0. The molecule has 24 heavy (non-hydrogen) atoms. The van der Waals surface area contributed by atoms with E-state index in [1.165, 1.54) is 17.3 Å². The van der Waals surface area contributed by atoms with E-state index < -0.39 is 14.9 Å². The van der Waals surface area contributed by atoms with Crippen LogP contribution in [0.4, 0.5) is 11.4 Å². The molecule has 0 unspecified atom stereocenters. The van der Waals surface area contributed by atoms with Crippen LogP contribution in [0, 0.1) is 17.0 Å². The molecule has 0 amide bonds. The molecule has 0 aromatic heterocycles. The number of aryl methyl sites for hydroxylation is 1. The average Bonchev–Trinajstić information content (AvgIpc) is 2.56. The minimum Gasteiger partial charge on any atom is -0.266 e. The topological polar surface area (TPSA) is 80.5 Å². The fourth-order valence-corrected chi connectivity index (χ4v) is 4.72. The average molecular weight is 367 g/mol. The predicted octanol–water partition coefficient (Wildman–Crippen LogP) is 3.70. The summed E-state index contributed by atoms with van der Waals surface area (Å²) in [6.45, 7) is 1.83. The van der Waals surface area contributed by atoms with Gasteiger partial charge in [-0.15, -0.1) is 0 Å². The van der Waals surface area contributed by atoms with Gasteiger partial charge in [0, 0.05) is 18.2 Å². The molecular formula is C16H15ClN2O4S. The number of halogens is 1. The van der Waals surface area contributed by atoms with E-state index >= 15 is 0 Å². The van der Waals surface area contributed by atoms with Gasteiger partial charge in [-0.2, -0.15) is 0 Å². The van der Waals surface area contributed by atoms with Crippen LogP contribution in [-0.4, -0.2) is 19.9 Å². The SMILES string of the molecule is Cc1c(Cl)cc(S(=O)(=O)N2CCCc3ccccc32)cc1[N+](=O)[O-]. The van der Waals surface area contributed by atoms with Crippen molar-refractivity contribution in [2.75, 3.05) is 10.8 Å². The standard InChI is InChI=1S/C16H15ClN2O4S/c1-11-14(17)9-13(10-16(11)19(20)21)24(22,23)18-8-4-6-12-5-2-3-7-15(12)18/h2-3,5,7,9-10H,4,6,8H2,1H3. The van der Waals surface area contributed by atoms with Crippen LogP contribution >= 0.6 is 11.6 Å². The summed E-state index contributed by atoms with van der Waals surface area (Å²) in [5.74, 6) is 0. The monoisotopic (exact) mass is 366 g/mol. The van der Waals surface area contributed by atoms with Gasteiger partial charge in [0.05, 0.1) is 20.5 Å². The number of nitro groups is 1. The molecule has 1 aliphatic heterocycles. The molecule has 126 valence electrons. The van der Waals surface area contributed by atoms with Crippen molar-refractivity contribution in [1.29, 1.82) is 0 Å². The zero-order valence-corrected chi connectivity index (χ0v) is 14.5. The Bertz CT molecular complexity index is 928. The predicted molar refractivity (Wildman–Crippen MR) is 92.1 cm³/mol. The van der Waals surface area contributed by atoms with Crippen molar-refractivity contribution >= 4 is 33.0 Å². The molecule has 0 N–H and O–H groups in total. The lowest BCUT2D eigenvalue weighted by atomic mass is 10.0. The number of nitrogens with zero attached hydrogens (tertiary/aromatic N) is 2. The van der Waals surface area contributed by atoms with E-state index in [2.05, 4.69) is 0 Å². The van der Waals surface area contributed by atoms with Crippen molar-refractivity contribution in [3.63, 3.8) is 0 Å². The van der Waals surface area contributed by atoms with Gasteiger partial charge in [-0.3, -0.25) is 14.4 Å². The first-order valence-electron chi connectivity index (χ1n) is 7.37. The molecule has 2 aromatic rings. The van der Waals surface area contributed by atoms with Crippen molar-refractivity contribution < 1.29 is 13.3 Å². The molecule has 0 aliphatic carbocycles. The first-order valence-corrected chi connectivity index (χ1v) is 9.19. The molecule has 8 heteroatoms. The highest BCUT2D eigenvalue weighted by Crippen LogP contribution is 2.35. The smallest absolute Gasteiger partial charge is 0.266 e. The van der Waals surface area contributed by atoms with Crippen LogP contribution in [-0.2, 0) is 16.4 Å². The highest BCUT2D eigenvalue weighted by Gasteiger charge is 2.31. The fraction of sp³-hybridized carbons (Fsp3) is 0.250. The summed E-state index contributed by atoms with van der Waals surface area (Å²) >= 11 is 6.02. The molecule has 0 fully saturated rings. The van der Waals surface area contributed by atoms with Crippen molar-refractivity contribution in [2.45, 2.75) is 24.7 Å². The van der Waals surface area contributed by atoms with Gasteiger partial charge < -0.3 is 0 Å². The highest BCUT2D eigenvalue weighted by atomic mass is 35.5. The Hall–Kier alpha value is -2.12. The van der Waals surface area contributed by atoms with E-state index in [9.17, 15) is 18.5 Å². The Morgan fingerprint density at radius 1 is 1.25 bits per heavy atom. The van der Waals surface area contributed by atoms with Crippen LogP contribution in [0.2, 0.25) is 5.02 Å². The van der Waals surface area contributed by atoms with Crippen LogP contribution in [0.5, 0.6) is 0 Å². The van der Waals surface area contributed by atoms with Gasteiger partial charge in [0.1, 0.15) is 0 Å². The van der Waals surface area contributed by atoms with Gasteiger partial charge in [-0.05, 0) is 37.5 Å². The maximum atomic E-state index is 13.0. The lowest BCUT2D eigenvalue weighted by Crippen LogP contribution is -2.35. The highest BCUT2D eigenvalue weighted by molar-refractivity contribution is 7.92. The van der Waals surface area contributed by atoms with E-state index in [0.29, 0.717) is 18.7 Å². The van der Waals surface area contributed by atoms with E-state index in [4.69, 9.17) is 11.6 Å². The molecule has 2 aromatic carbocycles. The molecule has 0 saturated heterocycles. The van der Waals surface area contributed by atoms with Crippen molar-refractivity contribution in [3.8, 4) is 0 Å². The number of hydrogen-bond acceptors (Lipinski definition) is 4. The van der Waals surface area contributed by atoms with Crippen LogP contribution in [0.25, 0.3) is 0 Å². The lowest BCUT2D eigenvalue weighted by molar-refractivity contribution is -0.385. The molecule has 6 nitrogen and oxygen atoms in total. The number of anilines is 1. The Balaban J connectivity index is 2.15. The van der Waals surface area contributed by atoms with E-state index in [-0.39, 0.29) is 21.2 Å². The Kier molecular flexibility index (Phi) is 4.23. The molecule has 1 aliphatic rings. The maximum Gasteiger partial charge on any atom is 0.275 e. The first-order chi connectivity index (χ1) is 11.3. The number of hydrogen-bond donors (Lipinski definition) is 0. The van der Waals surface area contributed by atoms with Crippen molar-refractivity contribution in [2.24, 2.45) is 0 Å². The van der Waals surface area contributed by atoms with Gasteiger partial charge in [0.2, 0.25) is 0 Å². The third-order valence-corrected chi connectivity index (χ3v) is 6.33. The van der Waals surface area contributed by atoms with Crippen LogP contribution < -0.4 is 4.31 Å². The zero-order chi connectivity index (χ0) is 17.5. The zero-order valence-electron chi connectivity index (χ0n) is 12.9. The van der Waals surface area contributed by atoms with E-state index in [1.54, 1.807) is 12.1 Å². The summed E-state index contributed by atoms with van der Waals surface area (Å²) in [5.41, 5.74) is 1.51. The Morgan fingerprint density at radius 2 is 1.96 bits per heavy atom. The van der Waals surface area contributed by atoms with Gasteiger partial charge in [-0.25, -0.2) is 8.42 Å². The number of para-hydroxylation sites is 1. The second-order valence-electron chi connectivity index (χ2n) is 5.62. The number of fused-ring (bicyclic) bond motifs is 1. The Labute approximate surface area is 144 Å². The first kappa shape index (κ1) is 16.7. The lowest BCUT2D eigenvalue weighted by Gasteiger charge is -2.30. The fourth-order valence-electron chi connectivity index (χ4n) is 2.85. The molecule has 1 heterocycles. The summed E-state index contributed by atoms with van der Waals surface area (Å²) < 4.78 is 27.4. The van der Waals surface area contributed by atoms with Gasteiger partial charge in [0.25, 0.3) is 15.7 Å². The summed E-state index contributed by atoms with van der Waals surface area (Å²) in [7, 11) is -3.93. The van der Waals surface area contributed by atoms with Gasteiger partial charge in [0.15, 0.2) is 0 Å². The van der Waals surface area contributed by atoms with E-state index in [1.807, 2.05) is 12.1 Å².